The molecule has 16 heavy (non-hydrogen) atoms. The standard InChI is InChI=1S/C13H23NO2/c1-14-13(10-11(15)16)8-6-12(7-9-13)4-2-3-5-12/h14H,2-10H2,1H3,(H,15,16). The first-order chi connectivity index (χ1) is 7.60. The molecule has 2 fully saturated rings. The highest BCUT2D eigenvalue weighted by atomic mass is 16.4. The Morgan fingerprint density at radius 3 is 2.12 bits per heavy atom. The summed E-state index contributed by atoms with van der Waals surface area (Å²) in [6.07, 6.45) is 10.3. The first-order valence-electron chi connectivity index (χ1n) is 6.51. The second-order valence-corrected chi connectivity index (χ2v) is 5.81. The van der Waals surface area contributed by atoms with Crippen LogP contribution in [0.2, 0.25) is 0 Å². The summed E-state index contributed by atoms with van der Waals surface area (Å²) in [5.41, 5.74) is 0.457. The predicted molar refractivity (Wildman–Crippen MR) is 63.4 cm³/mol. The molecule has 2 aliphatic rings. The van der Waals surface area contributed by atoms with Crippen LogP contribution in [0.4, 0.5) is 0 Å². The number of carbonyl (C=O) groups is 1. The molecule has 1 spiro atoms. The molecule has 92 valence electrons. The topological polar surface area (TPSA) is 49.3 Å². The van der Waals surface area contributed by atoms with Gasteiger partial charge in [0.25, 0.3) is 0 Å². The number of hydrogen-bond acceptors (Lipinski definition) is 2. The van der Waals surface area contributed by atoms with Crippen molar-refractivity contribution in [3.63, 3.8) is 0 Å². The van der Waals surface area contributed by atoms with Gasteiger partial charge in [-0.2, -0.15) is 0 Å². The van der Waals surface area contributed by atoms with E-state index >= 15 is 0 Å². The lowest BCUT2D eigenvalue weighted by Crippen LogP contribution is -2.49. The van der Waals surface area contributed by atoms with Gasteiger partial charge in [-0.15, -0.1) is 0 Å². The maximum Gasteiger partial charge on any atom is 0.305 e. The lowest BCUT2D eigenvalue weighted by atomic mass is 9.65. The van der Waals surface area contributed by atoms with Crippen LogP contribution in [0.3, 0.4) is 0 Å². The number of hydrogen-bond donors (Lipinski definition) is 2. The van der Waals surface area contributed by atoms with Crippen molar-refractivity contribution in [1.82, 2.24) is 5.32 Å². The van der Waals surface area contributed by atoms with E-state index in [1.165, 1.54) is 38.5 Å². The fourth-order valence-electron chi connectivity index (χ4n) is 3.69. The SMILES string of the molecule is CNC1(CC(=O)O)CCC2(CCCC2)CC1. The molecule has 0 aromatic carbocycles. The summed E-state index contributed by atoms with van der Waals surface area (Å²) >= 11 is 0. The fourth-order valence-corrected chi connectivity index (χ4v) is 3.69. The first-order valence-corrected chi connectivity index (χ1v) is 6.51. The molecule has 3 heteroatoms. The molecule has 0 radical (unpaired) electrons. The molecule has 0 aliphatic heterocycles. The highest BCUT2D eigenvalue weighted by Crippen LogP contribution is 2.51. The molecule has 0 bridgehead atoms. The number of aliphatic carboxylic acids is 1. The molecule has 2 rings (SSSR count). The van der Waals surface area contributed by atoms with Crippen LogP contribution >= 0.6 is 0 Å². The molecule has 0 unspecified atom stereocenters. The average molecular weight is 225 g/mol. The van der Waals surface area contributed by atoms with Gasteiger partial charge in [-0.25, -0.2) is 0 Å². The van der Waals surface area contributed by atoms with Crippen LogP contribution in [0, 0.1) is 5.41 Å². The van der Waals surface area contributed by atoms with E-state index < -0.39 is 5.97 Å². The normalized spacial score (nSPS) is 27.1. The van der Waals surface area contributed by atoms with Crippen LogP contribution < -0.4 is 5.32 Å². The van der Waals surface area contributed by atoms with Crippen molar-refractivity contribution >= 4 is 5.97 Å². The summed E-state index contributed by atoms with van der Waals surface area (Å²) in [5.74, 6) is -0.670. The van der Waals surface area contributed by atoms with E-state index in [4.69, 9.17) is 5.11 Å². The molecule has 2 saturated carbocycles. The molecule has 0 heterocycles. The molecule has 2 N–H and O–H groups in total. The zero-order valence-electron chi connectivity index (χ0n) is 10.2. The van der Waals surface area contributed by atoms with E-state index in [2.05, 4.69) is 5.32 Å². The van der Waals surface area contributed by atoms with Gasteiger partial charge < -0.3 is 10.4 Å². The summed E-state index contributed by atoms with van der Waals surface area (Å²) in [7, 11) is 1.91. The van der Waals surface area contributed by atoms with Crippen LogP contribution in [0.25, 0.3) is 0 Å². The quantitative estimate of drug-likeness (QED) is 0.776. The third-order valence-electron chi connectivity index (χ3n) is 4.95. The summed E-state index contributed by atoms with van der Waals surface area (Å²) < 4.78 is 0. The highest BCUT2D eigenvalue weighted by molar-refractivity contribution is 5.68. The maximum atomic E-state index is 10.9. The molecule has 0 saturated heterocycles. The minimum absolute atomic E-state index is 0.125. The van der Waals surface area contributed by atoms with E-state index in [1.807, 2.05) is 7.05 Å². The van der Waals surface area contributed by atoms with Crippen molar-refractivity contribution in [2.45, 2.75) is 63.3 Å². The minimum atomic E-state index is -0.670. The number of carboxylic acid groups (broad SMARTS) is 1. The van der Waals surface area contributed by atoms with Crippen molar-refractivity contribution in [2.75, 3.05) is 7.05 Å². The van der Waals surface area contributed by atoms with Gasteiger partial charge in [0.2, 0.25) is 0 Å². The maximum absolute atomic E-state index is 10.9. The Labute approximate surface area is 97.6 Å². The zero-order chi connectivity index (χ0) is 11.6. The van der Waals surface area contributed by atoms with Gasteiger partial charge in [0, 0.05) is 5.54 Å². The number of nitrogens with one attached hydrogen (secondary N) is 1. The van der Waals surface area contributed by atoms with Gasteiger partial charge in [0.1, 0.15) is 0 Å². The molecular weight excluding hydrogens is 202 g/mol. The lowest BCUT2D eigenvalue weighted by molar-refractivity contribution is -0.139. The van der Waals surface area contributed by atoms with E-state index in [9.17, 15) is 4.79 Å². The van der Waals surface area contributed by atoms with Crippen LogP contribution in [0.5, 0.6) is 0 Å². The third kappa shape index (κ3) is 2.24. The highest BCUT2D eigenvalue weighted by Gasteiger charge is 2.43. The monoisotopic (exact) mass is 225 g/mol. The fraction of sp³-hybridized carbons (Fsp3) is 0.923. The Kier molecular flexibility index (Phi) is 3.24. The van der Waals surface area contributed by atoms with Crippen molar-refractivity contribution in [3.8, 4) is 0 Å². The predicted octanol–water partition coefficient (Wildman–Crippen LogP) is 2.55. The average Bonchev–Trinajstić information content (AvgIpc) is 2.71. The van der Waals surface area contributed by atoms with Gasteiger partial charge in [-0.3, -0.25) is 4.79 Å². The van der Waals surface area contributed by atoms with Crippen LogP contribution in [0.15, 0.2) is 0 Å². The second kappa shape index (κ2) is 4.36. The van der Waals surface area contributed by atoms with Crippen molar-refractivity contribution in [1.29, 1.82) is 0 Å². The van der Waals surface area contributed by atoms with Crippen LogP contribution in [-0.2, 0) is 4.79 Å². The summed E-state index contributed by atoms with van der Waals surface area (Å²) in [6.45, 7) is 0. The smallest absolute Gasteiger partial charge is 0.305 e. The summed E-state index contributed by atoms with van der Waals surface area (Å²) in [6, 6.07) is 0. The van der Waals surface area contributed by atoms with E-state index in [0.29, 0.717) is 5.41 Å². The number of rotatable bonds is 3. The lowest BCUT2D eigenvalue weighted by Gasteiger charge is -2.44. The molecular formula is C13H23NO2. The summed E-state index contributed by atoms with van der Waals surface area (Å²) in [4.78, 5) is 10.9. The molecule has 0 amide bonds. The van der Waals surface area contributed by atoms with Gasteiger partial charge in [0.05, 0.1) is 6.42 Å². The van der Waals surface area contributed by atoms with Gasteiger partial charge in [-0.1, -0.05) is 12.8 Å². The molecule has 0 aromatic rings. The van der Waals surface area contributed by atoms with Crippen LogP contribution in [0.1, 0.15) is 57.8 Å². The van der Waals surface area contributed by atoms with Gasteiger partial charge in [0.15, 0.2) is 0 Å². The largest absolute Gasteiger partial charge is 0.481 e. The molecule has 3 nitrogen and oxygen atoms in total. The Morgan fingerprint density at radius 1 is 1.12 bits per heavy atom. The molecule has 0 aromatic heterocycles. The summed E-state index contributed by atoms with van der Waals surface area (Å²) in [5, 5.41) is 12.3. The zero-order valence-corrected chi connectivity index (χ0v) is 10.2. The van der Waals surface area contributed by atoms with E-state index in [1.54, 1.807) is 0 Å². The Bertz CT molecular complexity index is 259. The second-order valence-electron chi connectivity index (χ2n) is 5.81. The van der Waals surface area contributed by atoms with E-state index in [-0.39, 0.29) is 12.0 Å². The number of carboxylic acids is 1. The third-order valence-corrected chi connectivity index (χ3v) is 4.95. The Hall–Kier alpha value is -0.570. The van der Waals surface area contributed by atoms with Crippen molar-refractivity contribution < 1.29 is 9.90 Å². The Balaban J connectivity index is 1.98. The van der Waals surface area contributed by atoms with Gasteiger partial charge >= 0.3 is 5.97 Å². The van der Waals surface area contributed by atoms with Gasteiger partial charge in [-0.05, 0) is 51.0 Å². The first kappa shape index (κ1) is 11.9. The van der Waals surface area contributed by atoms with Crippen LogP contribution in [-0.4, -0.2) is 23.7 Å². The van der Waals surface area contributed by atoms with Crippen molar-refractivity contribution in [3.05, 3.63) is 0 Å². The molecule has 0 atom stereocenters. The van der Waals surface area contributed by atoms with E-state index in [0.717, 1.165) is 12.8 Å². The van der Waals surface area contributed by atoms with Crippen molar-refractivity contribution in [2.24, 2.45) is 5.41 Å². The minimum Gasteiger partial charge on any atom is -0.481 e. The molecule has 2 aliphatic carbocycles. The Morgan fingerprint density at radius 2 is 1.69 bits per heavy atom.